The Morgan fingerprint density at radius 3 is 2.04 bits per heavy atom. The van der Waals surface area contributed by atoms with Gasteiger partial charge in [-0.25, -0.2) is 9.97 Å². The summed E-state index contributed by atoms with van der Waals surface area (Å²) >= 11 is 0. The molecule has 0 atom stereocenters. The van der Waals surface area contributed by atoms with E-state index in [1.165, 1.54) is 0 Å². The summed E-state index contributed by atoms with van der Waals surface area (Å²) in [6, 6.07) is 0. The topological polar surface area (TPSA) is 61.8 Å². The minimum absolute atomic E-state index is 0.0397. The third-order valence-corrected chi connectivity index (χ3v) is 4.91. The summed E-state index contributed by atoms with van der Waals surface area (Å²) in [5.41, 5.74) is 4.98. The van der Waals surface area contributed by atoms with E-state index >= 15 is 0 Å². The molecular formula is C24H29N3O. The Bertz CT molecular complexity index is 1000. The van der Waals surface area contributed by atoms with Crippen molar-refractivity contribution in [1.29, 1.82) is 0 Å². The molecule has 0 saturated carbocycles. The van der Waals surface area contributed by atoms with E-state index in [1.807, 2.05) is 26.0 Å². The Hall–Kier alpha value is -2.88. The molecule has 4 rings (SSSR count). The quantitative estimate of drug-likeness (QED) is 0.611. The molecule has 0 spiro atoms. The number of allylic oxidation sites excluding steroid dienone is 4. The van der Waals surface area contributed by atoms with Gasteiger partial charge in [-0.2, -0.15) is 0 Å². The van der Waals surface area contributed by atoms with E-state index < -0.39 is 0 Å². The summed E-state index contributed by atoms with van der Waals surface area (Å²) in [5.74, 6) is 0.130. The van der Waals surface area contributed by atoms with Crippen molar-refractivity contribution in [1.82, 2.24) is 15.0 Å². The van der Waals surface area contributed by atoms with Gasteiger partial charge in [-0.05, 0) is 12.2 Å². The predicted octanol–water partition coefficient (Wildman–Crippen LogP) is 6.34. The van der Waals surface area contributed by atoms with E-state index in [9.17, 15) is 5.11 Å². The van der Waals surface area contributed by atoms with Crippen LogP contribution in [-0.2, 0) is 0 Å². The summed E-state index contributed by atoms with van der Waals surface area (Å²) in [6.07, 6.45) is 18.3. The zero-order chi connectivity index (χ0) is 20.5. The molecule has 2 N–H and O–H groups in total. The molecule has 4 heteroatoms. The highest BCUT2D eigenvalue weighted by molar-refractivity contribution is 5.89. The summed E-state index contributed by atoms with van der Waals surface area (Å²) < 4.78 is 0. The first-order chi connectivity index (χ1) is 13.3. The smallest absolute Gasteiger partial charge is 0.199 e. The largest absolute Gasteiger partial charge is 0.494 e. The molecule has 2 aliphatic carbocycles. The van der Waals surface area contributed by atoms with Crippen LogP contribution in [0, 0.1) is 10.8 Å². The molecule has 2 aromatic heterocycles. The Labute approximate surface area is 167 Å². The van der Waals surface area contributed by atoms with Crippen LogP contribution in [0.4, 0.5) is 0 Å². The Kier molecular flexibility index (Phi) is 5.16. The van der Waals surface area contributed by atoms with E-state index in [4.69, 9.17) is 0 Å². The minimum atomic E-state index is -0.0538. The molecular weight excluding hydrogens is 346 g/mol. The van der Waals surface area contributed by atoms with Crippen molar-refractivity contribution in [3.8, 4) is 17.1 Å². The zero-order valence-electron chi connectivity index (χ0n) is 17.5. The number of rotatable bonds is 1. The number of nitrogens with zero attached hydrogens (tertiary/aromatic N) is 2. The van der Waals surface area contributed by atoms with Crippen molar-refractivity contribution in [2.24, 2.45) is 10.8 Å². The molecule has 28 heavy (non-hydrogen) atoms. The lowest BCUT2D eigenvalue weighted by Crippen LogP contribution is -2.00. The molecule has 4 nitrogen and oxygen atoms in total. The van der Waals surface area contributed by atoms with Gasteiger partial charge in [0.1, 0.15) is 6.33 Å². The number of hydrogen-bond donors (Lipinski definition) is 2. The third kappa shape index (κ3) is 3.72. The normalized spacial score (nSPS) is 17.8. The number of aromatic nitrogens is 3. The molecule has 2 heterocycles. The average molecular weight is 376 g/mol. The highest BCUT2D eigenvalue weighted by Crippen LogP contribution is 2.41. The first-order valence-corrected chi connectivity index (χ1v) is 9.83. The van der Waals surface area contributed by atoms with Gasteiger partial charge in [0.05, 0.1) is 17.0 Å². The first kappa shape index (κ1) is 19.9. The SMILES string of the molecule is CC.CC1(C)C=Cc2ncnc(-c3c(O)[nH]c4c3C=CC(C)(C)C=C4)c2C=C1. The second kappa shape index (κ2) is 7.27. The van der Waals surface area contributed by atoms with Crippen LogP contribution in [-0.4, -0.2) is 20.1 Å². The predicted molar refractivity (Wildman–Crippen MR) is 119 cm³/mol. The van der Waals surface area contributed by atoms with Gasteiger partial charge in [-0.15, -0.1) is 0 Å². The molecule has 146 valence electrons. The maximum absolute atomic E-state index is 10.6. The van der Waals surface area contributed by atoms with Gasteiger partial charge >= 0.3 is 0 Å². The molecule has 0 radical (unpaired) electrons. The van der Waals surface area contributed by atoms with Gasteiger partial charge in [0.15, 0.2) is 5.88 Å². The fraction of sp³-hybridized carbons (Fsp3) is 0.333. The Morgan fingerprint density at radius 2 is 1.36 bits per heavy atom. The molecule has 0 amide bonds. The van der Waals surface area contributed by atoms with Crippen LogP contribution in [0.15, 0.2) is 30.6 Å². The summed E-state index contributed by atoms with van der Waals surface area (Å²) in [7, 11) is 0. The van der Waals surface area contributed by atoms with E-state index in [1.54, 1.807) is 6.33 Å². The van der Waals surface area contributed by atoms with Gasteiger partial charge in [0, 0.05) is 27.7 Å². The van der Waals surface area contributed by atoms with Crippen LogP contribution >= 0.6 is 0 Å². The van der Waals surface area contributed by atoms with Crippen LogP contribution in [0.1, 0.15) is 64.1 Å². The monoisotopic (exact) mass is 375 g/mol. The number of aromatic hydroxyl groups is 1. The third-order valence-electron chi connectivity index (χ3n) is 4.91. The van der Waals surface area contributed by atoms with Crippen LogP contribution in [0.25, 0.3) is 35.6 Å². The molecule has 0 aromatic carbocycles. The fourth-order valence-electron chi connectivity index (χ4n) is 3.27. The lowest BCUT2D eigenvalue weighted by Gasteiger charge is -2.12. The van der Waals surface area contributed by atoms with Crippen molar-refractivity contribution >= 4 is 24.3 Å². The highest BCUT2D eigenvalue weighted by Gasteiger charge is 2.24. The van der Waals surface area contributed by atoms with Crippen LogP contribution in [0.3, 0.4) is 0 Å². The number of fused-ring (bicyclic) bond motifs is 2. The summed E-state index contributed by atoms with van der Waals surface area (Å²) in [4.78, 5) is 12.0. The molecule has 2 aliphatic rings. The number of aromatic amines is 1. The average Bonchev–Trinajstić information content (AvgIpc) is 2.78. The maximum Gasteiger partial charge on any atom is 0.199 e. The molecule has 2 aromatic rings. The number of hydrogen-bond acceptors (Lipinski definition) is 3. The van der Waals surface area contributed by atoms with Gasteiger partial charge in [-0.1, -0.05) is 78.0 Å². The number of nitrogens with one attached hydrogen (secondary N) is 1. The minimum Gasteiger partial charge on any atom is -0.494 e. The van der Waals surface area contributed by atoms with Gasteiger partial charge < -0.3 is 10.1 Å². The Balaban J connectivity index is 0.00000109. The first-order valence-electron chi connectivity index (χ1n) is 9.83. The van der Waals surface area contributed by atoms with Crippen molar-refractivity contribution in [2.75, 3.05) is 0 Å². The Morgan fingerprint density at radius 1 is 0.786 bits per heavy atom. The van der Waals surface area contributed by atoms with E-state index in [0.717, 1.165) is 33.8 Å². The van der Waals surface area contributed by atoms with Crippen molar-refractivity contribution < 1.29 is 5.11 Å². The maximum atomic E-state index is 10.6. The van der Waals surface area contributed by atoms with Crippen molar-refractivity contribution in [2.45, 2.75) is 41.5 Å². The second-order valence-corrected chi connectivity index (χ2v) is 8.17. The van der Waals surface area contributed by atoms with E-state index in [-0.39, 0.29) is 16.7 Å². The zero-order valence-corrected chi connectivity index (χ0v) is 17.5. The van der Waals surface area contributed by atoms with E-state index in [2.05, 4.69) is 79.1 Å². The van der Waals surface area contributed by atoms with Crippen LogP contribution in [0.5, 0.6) is 5.88 Å². The lowest BCUT2D eigenvalue weighted by molar-refractivity contribution is 0.458. The van der Waals surface area contributed by atoms with Crippen LogP contribution < -0.4 is 0 Å². The second-order valence-electron chi connectivity index (χ2n) is 8.17. The number of H-pyrrole nitrogens is 1. The van der Waals surface area contributed by atoms with Crippen LogP contribution in [0.2, 0.25) is 0 Å². The molecule has 0 bridgehead atoms. The molecule has 0 fully saturated rings. The lowest BCUT2D eigenvalue weighted by atomic mass is 9.92. The standard InChI is InChI=1S/C22H23N3O.C2H6/c1-21(2)9-5-14-17(8-12-21)25-20(26)18(14)19-15-6-10-22(3,4)11-7-16(15)23-13-24-19;1-2/h5-13,25-26H,1-4H3;1-2H3. The van der Waals surface area contributed by atoms with Gasteiger partial charge in [0.2, 0.25) is 0 Å². The van der Waals surface area contributed by atoms with Crippen molar-refractivity contribution in [3.63, 3.8) is 0 Å². The van der Waals surface area contributed by atoms with Crippen molar-refractivity contribution in [3.05, 3.63) is 53.1 Å². The van der Waals surface area contributed by atoms with Gasteiger partial charge in [-0.3, -0.25) is 0 Å². The molecule has 0 aliphatic heterocycles. The highest BCUT2D eigenvalue weighted by atomic mass is 16.3. The fourth-order valence-corrected chi connectivity index (χ4v) is 3.27. The van der Waals surface area contributed by atoms with Gasteiger partial charge in [0.25, 0.3) is 0 Å². The summed E-state index contributed by atoms with van der Waals surface area (Å²) in [5, 5.41) is 10.6. The molecule has 0 saturated heterocycles. The summed E-state index contributed by atoms with van der Waals surface area (Å²) in [6.45, 7) is 12.6. The van der Waals surface area contributed by atoms with E-state index in [0.29, 0.717) is 0 Å². The molecule has 0 unspecified atom stereocenters.